The standard InChI is InChI=1S/C23H26N2O4S/c1-28-23(27)16-10-8-15(9-11-16)13-25-22-20(18-6-2-3-7-19(18)30-22)21(26)24-14-17-5-4-12-29-17/h8-11,13,17H,2-7,12,14H2,1H3,(H,24,26)/t17-/m1/s1. The summed E-state index contributed by atoms with van der Waals surface area (Å²) < 4.78 is 10.4. The third-order valence-electron chi connectivity index (χ3n) is 5.56. The monoisotopic (exact) mass is 426 g/mol. The van der Waals surface area contributed by atoms with Crippen molar-refractivity contribution in [2.75, 3.05) is 20.3 Å². The van der Waals surface area contributed by atoms with Gasteiger partial charge in [0.1, 0.15) is 5.00 Å². The highest BCUT2D eigenvalue weighted by atomic mass is 32.1. The number of nitrogens with zero attached hydrogens (tertiary/aromatic N) is 1. The van der Waals surface area contributed by atoms with Crippen molar-refractivity contribution < 1.29 is 19.1 Å². The van der Waals surface area contributed by atoms with Gasteiger partial charge < -0.3 is 14.8 Å². The van der Waals surface area contributed by atoms with Gasteiger partial charge in [0.25, 0.3) is 5.91 Å². The van der Waals surface area contributed by atoms with Crippen LogP contribution in [0, 0.1) is 0 Å². The number of hydrogen-bond donors (Lipinski definition) is 1. The molecule has 1 N–H and O–H groups in total. The molecule has 2 aromatic rings. The number of carbonyl (C=O) groups is 2. The predicted molar refractivity (Wildman–Crippen MR) is 117 cm³/mol. The first-order chi connectivity index (χ1) is 14.7. The summed E-state index contributed by atoms with van der Waals surface area (Å²) in [6.45, 7) is 1.32. The van der Waals surface area contributed by atoms with Crippen LogP contribution in [0.25, 0.3) is 0 Å². The van der Waals surface area contributed by atoms with Gasteiger partial charge >= 0.3 is 5.97 Å². The Bertz CT molecular complexity index is 943. The minimum atomic E-state index is -0.366. The van der Waals surface area contributed by atoms with Crippen LogP contribution in [-0.2, 0) is 22.3 Å². The number of benzene rings is 1. The molecule has 0 unspecified atom stereocenters. The fourth-order valence-corrected chi connectivity index (χ4v) is 5.16. The van der Waals surface area contributed by atoms with E-state index in [9.17, 15) is 9.59 Å². The second kappa shape index (κ2) is 9.53. The maximum atomic E-state index is 13.0. The maximum absolute atomic E-state index is 13.0. The second-order valence-electron chi connectivity index (χ2n) is 7.61. The van der Waals surface area contributed by atoms with E-state index in [0.717, 1.165) is 66.8 Å². The van der Waals surface area contributed by atoms with Crippen molar-refractivity contribution in [1.29, 1.82) is 0 Å². The zero-order valence-electron chi connectivity index (χ0n) is 17.1. The van der Waals surface area contributed by atoms with Crippen LogP contribution in [0.15, 0.2) is 29.3 Å². The number of aryl methyl sites for hydroxylation is 1. The van der Waals surface area contributed by atoms with E-state index in [1.54, 1.807) is 29.7 Å². The van der Waals surface area contributed by atoms with Gasteiger partial charge in [-0.1, -0.05) is 12.1 Å². The van der Waals surface area contributed by atoms with Crippen LogP contribution < -0.4 is 5.32 Å². The summed E-state index contributed by atoms with van der Waals surface area (Å²) in [7, 11) is 1.36. The largest absolute Gasteiger partial charge is 0.465 e. The highest BCUT2D eigenvalue weighted by molar-refractivity contribution is 7.16. The molecular weight excluding hydrogens is 400 g/mol. The minimum Gasteiger partial charge on any atom is -0.465 e. The number of hydrogen-bond acceptors (Lipinski definition) is 6. The Morgan fingerprint density at radius 1 is 1.23 bits per heavy atom. The van der Waals surface area contributed by atoms with Gasteiger partial charge in [0.15, 0.2) is 0 Å². The van der Waals surface area contributed by atoms with E-state index >= 15 is 0 Å². The molecule has 7 heteroatoms. The summed E-state index contributed by atoms with van der Waals surface area (Å²) in [5.74, 6) is -0.423. The van der Waals surface area contributed by atoms with Gasteiger partial charge in [-0.3, -0.25) is 4.79 Å². The summed E-state index contributed by atoms with van der Waals surface area (Å²) in [5.41, 5.74) is 3.23. The zero-order chi connectivity index (χ0) is 20.9. The second-order valence-corrected chi connectivity index (χ2v) is 8.69. The molecule has 0 saturated carbocycles. The van der Waals surface area contributed by atoms with Crippen molar-refractivity contribution >= 4 is 34.4 Å². The minimum absolute atomic E-state index is 0.0573. The van der Waals surface area contributed by atoms with Crippen LogP contribution in [0.5, 0.6) is 0 Å². The molecule has 6 nitrogen and oxygen atoms in total. The number of esters is 1. The normalized spacial score (nSPS) is 18.4. The van der Waals surface area contributed by atoms with Crippen LogP contribution >= 0.6 is 11.3 Å². The van der Waals surface area contributed by atoms with Crippen molar-refractivity contribution in [2.24, 2.45) is 4.99 Å². The van der Waals surface area contributed by atoms with Crippen LogP contribution in [0.2, 0.25) is 0 Å². The summed E-state index contributed by atoms with van der Waals surface area (Å²) in [5, 5.41) is 3.81. The summed E-state index contributed by atoms with van der Waals surface area (Å²) in [4.78, 5) is 30.6. The van der Waals surface area contributed by atoms with Gasteiger partial charge in [-0.15, -0.1) is 11.3 Å². The van der Waals surface area contributed by atoms with Gasteiger partial charge in [0, 0.05) is 24.2 Å². The van der Waals surface area contributed by atoms with Gasteiger partial charge in [-0.05, 0) is 61.8 Å². The zero-order valence-corrected chi connectivity index (χ0v) is 17.9. The first-order valence-corrected chi connectivity index (χ1v) is 11.2. The quantitative estimate of drug-likeness (QED) is 0.558. The summed E-state index contributed by atoms with van der Waals surface area (Å²) in [6, 6.07) is 7.06. The molecular formula is C23H26N2O4S. The molecule has 30 heavy (non-hydrogen) atoms. The lowest BCUT2D eigenvalue weighted by molar-refractivity contribution is 0.0600. The number of aliphatic imine (C=N–C) groups is 1. The molecule has 2 heterocycles. The smallest absolute Gasteiger partial charge is 0.337 e. The highest BCUT2D eigenvalue weighted by Gasteiger charge is 2.26. The highest BCUT2D eigenvalue weighted by Crippen LogP contribution is 2.39. The van der Waals surface area contributed by atoms with Crippen molar-refractivity contribution in [2.45, 2.75) is 44.6 Å². The lowest BCUT2D eigenvalue weighted by Crippen LogP contribution is -2.32. The Labute approximate surface area is 180 Å². The van der Waals surface area contributed by atoms with E-state index in [2.05, 4.69) is 10.3 Å². The van der Waals surface area contributed by atoms with Crippen LogP contribution in [0.3, 0.4) is 0 Å². The lowest BCUT2D eigenvalue weighted by atomic mass is 9.95. The van der Waals surface area contributed by atoms with Crippen molar-refractivity contribution in [1.82, 2.24) is 5.32 Å². The molecule has 2 aliphatic rings. The van der Waals surface area contributed by atoms with Gasteiger partial charge in [-0.25, -0.2) is 9.79 Å². The molecule has 1 aromatic heterocycles. The lowest BCUT2D eigenvalue weighted by Gasteiger charge is -2.14. The SMILES string of the molecule is COC(=O)c1ccc(C=Nc2sc3c(c2C(=O)NC[C@H]2CCCO2)CCCC3)cc1. The Balaban J connectivity index is 1.54. The fraction of sp³-hybridized carbons (Fsp3) is 0.435. The third kappa shape index (κ3) is 4.63. The molecule has 1 aromatic carbocycles. The average Bonchev–Trinajstić information content (AvgIpc) is 3.43. The first kappa shape index (κ1) is 20.8. The summed E-state index contributed by atoms with van der Waals surface area (Å²) in [6.07, 6.45) is 8.11. The van der Waals surface area contributed by atoms with E-state index in [1.165, 1.54) is 12.0 Å². The number of ether oxygens (including phenoxy) is 2. The molecule has 0 radical (unpaired) electrons. The molecule has 1 atom stereocenters. The summed E-state index contributed by atoms with van der Waals surface area (Å²) >= 11 is 1.62. The number of carbonyl (C=O) groups excluding carboxylic acids is 2. The number of nitrogens with one attached hydrogen (secondary N) is 1. The molecule has 1 aliphatic carbocycles. The van der Waals surface area contributed by atoms with E-state index in [-0.39, 0.29) is 18.0 Å². The molecule has 1 aliphatic heterocycles. The van der Waals surface area contributed by atoms with Crippen molar-refractivity contribution in [3.63, 3.8) is 0 Å². The van der Waals surface area contributed by atoms with Crippen LogP contribution in [0.4, 0.5) is 5.00 Å². The topological polar surface area (TPSA) is 77.0 Å². The molecule has 0 spiro atoms. The molecule has 1 fully saturated rings. The molecule has 4 rings (SSSR count). The van der Waals surface area contributed by atoms with Crippen molar-refractivity contribution in [3.8, 4) is 0 Å². The van der Waals surface area contributed by atoms with E-state index in [4.69, 9.17) is 9.47 Å². The van der Waals surface area contributed by atoms with Gasteiger partial charge in [0.2, 0.25) is 0 Å². The van der Waals surface area contributed by atoms with E-state index in [0.29, 0.717) is 12.1 Å². The Morgan fingerprint density at radius 3 is 2.77 bits per heavy atom. The molecule has 0 bridgehead atoms. The average molecular weight is 427 g/mol. The van der Waals surface area contributed by atoms with Crippen LogP contribution in [-0.4, -0.2) is 44.5 Å². The van der Waals surface area contributed by atoms with Gasteiger partial charge in [-0.2, -0.15) is 0 Å². The van der Waals surface area contributed by atoms with E-state index < -0.39 is 0 Å². The first-order valence-electron chi connectivity index (χ1n) is 10.4. The van der Waals surface area contributed by atoms with Gasteiger partial charge in [0.05, 0.1) is 24.3 Å². The molecule has 1 saturated heterocycles. The fourth-order valence-electron chi connectivity index (χ4n) is 3.93. The number of methoxy groups -OCH3 is 1. The third-order valence-corrected chi connectivity index (χ3v) is 6.76. The number of amides is 1. The number of rotatable bonds is 6. The Kier molecular flexibility index (Phi) is 6.59. The van der Waals surface area contributed by atoms with E-state index in [1.807, 2.05) is 12.1 Å². The predicted octanol–water partition coefficient (Wildman–Crippen LogP) is 4.07. The molecule has 1 amide bonds. The number of fused-ring (bicyclic) bond motifs is 1. The molecule has 158 valence electrons. The Morgan fingerprint density at radius 2 is 2.03 bits per heavy atom. The van der Waals surface area contributed by atoms with Crippen molar-refractivity contribution in [3.05, 3.63) is 51.4 Å². The Hall–Kier alpha value is -2.51. The van der Waals surface area contributed by atoms with Crippen LogP contribution in [0.1, 0.15) is 62.4 Å². The number of thiophene rings is 1. The maximum Gasteiger partial charge on any atom is 0.337 e.